The lowest BCUT2D eigenvalue weighted by Crippen LogP contribution is -2.06. The van der Waals surface area contributed by atoms with Crippen molar-refractivity contribution < 1.29 is 4.79 Å². The average molecular weight is 317 g/mol. The number of ketones is 1. The molecule has 0 saturated heterocycles. The molecule has 0 aliphatic rings. The lowest BCUT2D eigenvalue weighted by atomic mass is 10.0. The van der Waals surface area contributed by atoms with E-state index in [0.29, 0.717) is 12.8 Å². The zero-order valence-electron chi connectivity index (χ0n) is 11.0. The fraction of sp³-hybridized carbons (Fsp3) is 0.235. The van der Waals surface area contributed by atoms with Gasteiger partial charge in [-0.2, -0.15) is 0 Å². The Kier molecular flexibility index (Phi) is 4.92. The van der Waals surface area contributed by atoms with E-state index in [9.17, 15) is 4.79 Å². The van der Waals surface area contributed by atoms with Crippen LogP contribution in [0.1, 0.15) is 23.6 Å². The fourth-order valence-corrected chi connectivity index (χ4v) is 2.28. The molecule has 0 fully saturated rings. The summed E-state index contributed by atoms with van der Waals surface area (Å²) in [7, 11) is 0. The van der Waals surface area contributed by atoms with E-state index in [2.05, 4.69) is 47.1 Å². The van der Waals surface area contributed by atoms with Crippen LogP contribution in [0.5, 0.6) is 0 Å². The predicted octanol–water partition coefficient (Wildman–Crippen LogP) is 4.37. The molecule has 2 aromatic carbocycles. The molecule has 0 N–H and O–H groups in total. The summed E-state index contributed by atoms with van der Waals surface area (Å²) < 4.78 is 1.04. The Morgan fingerprint density at radius 1 is 0.842 bits per heavy atom. The van der Waals surface area contributed by atoms with Gasteiger partial charge in [0.25, 0.3) is 0 Å². The zero-order chi connectivity index (χ0) is 13.7. The number of hydrogen-bond acceptors (Lipinski definition) is 1. The number of carbonyl (C=O) groups excluding carboxylic acids is 1. The van der Waals surface area contributed by atoms with E-state index in [-0.39, 0.29) is 5.78 Å². The number of rotatable bonds is 5. The van der Waals surface area contributed by atoms with Crippen LogP contribution in [0.15, 0.2) is 53.0 Å². The van der Waals surface area contributed by atoms with E-state index >= 15 is 0 Å². The standard InChI is InChI=1S/C17H17BrO/c1-2-13-3-5-14(6-4-13)11-17(19)12-15-7-9-16(18)10-8-15/h3-10H,2,11-12H2,1H3. The molecule has 0 saturated carbocycles. The van der Waals surface area contributed by atoms with Crippen molar-refractivity contribution in [2.75, 3.05) is 0 Å². The van der Waals surface area contributed by atoms with Gasteiger partial charge >= 0.3 is 0 Å². The summed E-state index contributed by atoms with van der Waals surface area (Å²) >= 11 is 3.39. The Hall–Kier alpha value is -1.41. The number of carbonyl (C=O) groups is 1. The molecule has 0 amide bonds. The van der Waals surface area contributed by atoms with Crippen LogP contribution in [0.4, 0.5) is 0 Å². The Bertz CT molecular complexity index is 540. The largest absolute Gasteiger partial charge is 0.299 e. The SMILES string of the molecule is CCc1ccc(CC(=O)Cc2ccc(Br)cc2)cc1. The highest BCUT2D eigenvalue weighted by atomic mass is 79.9. The molecule has 0 bridgehead atoms. The Labute approximate surface area is 122 Å². The van der Waals surface area contributed by atoms with Crippen LogP contribution in [0, 0.1) is 0 Å². The van der Waals surface area contributed by atoms with Gasteiger partial charge in [-0.25, -0.2) is 0 Å². The average Bonchev–Trinajstić information content (AvgIpc) is 2.42. The quantitative estimate of drug-likeness (QED) is 0.800. The van der Waals surface area contributed by atoms with Crippen LogP contribution in [0.3, 0.4) is 0 Å². The maximum atomic E-state index is 12.0. The Balaban J connectivity index is 1.95. The number of aryl methyl sites for hydroxylation is 1. The minimum atomic E-state index is 0.256. The lowest BCUT2D eigenvalue weighted by Gasteiger charge is -2.03. The highest BCUT2D eigenvalue weighted by molar-refractivity contribution is 9.10. The Morgan fingerprint density at radius 3 is 1.74 bits per heavy atom. The third kappa shape index (κ3) is 4.32. The van der Waals surface area contributed by atoms with Gasteiger partial charge in [0.1, 0.15) is 5.78 Å². The van der Waals surface area contributed by atoms with Gasteiger partial charge < -0.3 is 0 Å². The van der Waals surface area contributed by atoms with Crippen molar-refractivity contribution in [3.63, 3.8) is 0 Å². The third-order valence-electron chi connectivity index (χ3n) is 3.15. The molecule has 0 aromatic heterocycles. The molecule has 0 unspecified atom stereocenters. The molecule has 0 heterocycles. The molecule has 19 heavy (non-hydrogen) atoms. The minimum Gasteiger partial charge on any atom is -0.299 e. The molecule has 98 valence electrons. The van der Waals surface area contributed by atoms with Crippen molar-refractivity contribution in [3.05, 3.63) is 69.7 Å². The van der Waals surface area contributed by atoms with E-state index in [0.717, 1.165) is 22.0 Å². The van der Waals surface area contributed by atoms with Gasteiger partial charge in [0.05, 0.1) is 0 Å². The monoisotopic (exact) mass is 316 g/mol. The van der Waals surface area contributed by atoms with E-state index < -0.39 is 0 Å². The van der Waals surface area contributed by atoms with Gasteiger partial charge in [-0.15, -0.1) is 0 Å². The predicted molar refractivity (Wildman–Crippen MR) is 82.4 cm³/mol. The van der Waals surface area contributed by atoms with Crippen LogP contribution in [0.25, 0.3) is 0 Å². The summed E-state index contributed by atoms with van der Waals surface area (Å²) in [5.74, 6) is 0.256. The number of benzene rings is 2. The molecule has 0 aliphatic heterocycles. The van der Waals surface area contributed by atoms with E-state index in [1.165, 1.54) is 5.56 Å². The zero-order valence-corrected chi connectivity index (χ0v) is 12.6. The first-order valence-corrected chi connectivity index (χ1v) is 7.30. The summed E-state index contributed by atoms with van der Waals surface area (Å²) in [6.45, 7) is 2.13. The topological polar surface area (TPSA) is 17.1 Å². The lowest BCUT2D eigenvalue weighted by molar-refractivity contribution is -0.117. The second-order valence-corrected chi connectivity index (χ2v) is 5.60. The molecular weight excluding hydrogens is 300 g/mol. The first kappa shape index (κ1) is 14.0. The van der Waals surface area contributed by atoms with E-state index in [4.69, 9.17) is 0 Å². The molecule has 0 radical (unpaired) electrons. The van der Waals surface area contributed by atoms with Crippen molar-refractivity contribution in [1.29, 1.82) is 0 Å². The van der Waals surface area contributed by atoms with Gasteiger partial charge in [0.2, 0.25) is 0 Å². The second kappa shape index (κ2) is 6.67. The first-order valence-electron chi connectivity index (χ1n) is 6.51. The van der Waals surface area contributed by atoms with Gasteiger partial charge in [-0.1, -0.05) is 59.3 Å². The molecule has 0 atom stereocenters. The van der Waals surface area contributed by atoms with Crippen LogP contribution in [-0.4, -0.2) is 5.78 Å². The van der Waals surface area contributed by atoms with Crippen molar-refractivity contribution in [1.82, 2.24) is 0 Å². The van der Waals surface area contributed by atoms with Gasteiger partial charge in [-0.05, 0) is 35.2 Å². The molecule has 2 heteroatoms. The van der Waals surface area contributed by atoms with Crippen molar-refractivity contribution in [3.8, 4) is 0 Å². The van der Waals surface area contributed by atoms with E-state index in [1.807, 2.05) is 24.3 Å². The Morgan fingerprint density at radius 2 is 1.26 bits per heavy atom. The molecule has 2 rings (SSSR count). The minimum absolute atomic E-state index is 0.256. The number of halogens is 1. The molecule has 1 nitrogen and oxygen atoms in total. The second-order valence-electron chi connectivity index (χ2n) is 4.69. The molecular formula is C17H17BrO. The summed E-state index contributed by atoms with van der Waals surface area (Å²) in [6, 6.07) is 16.2. The first-order chi connectivity index (χ1) is 9.17. The smallest absolute Gasteiger partial charge is 0.141 e. The summed E-state index contributed by atoms with van der Waals surface area (Å²) in [5, 5.41) is 0. The number of Topliss-reactive ketones (excluding diaryl/α,β-unsaturated/α-hetero) is 1. The molecule has 0 aliphatic carbocycles. The summed E-state index contributed by atoms with van der Waals surface area (Å²) in [5.41, 5.74) is 3.47. The van der Waals surface area contributed by atoms with Crippen LogP contribution in [-0.2, 0) is 24.1 Å². The van der Waals surface area contributed by atoms with Crippen LogP contribution in [0.2, 0.25) is 0 Å². The van der Waals surface area contributed by atoms with Crippen molar-refractivity contribution >= 4 is 21.7 Å². The third-order valence-corrected chi connectivity index (χ3v) is 3.68. The molecule has 0 spiro atoms. The normalized spacial score (nSPS) is 10.4. The fourth-order valence-electron chi connectivity index (χ4n) is 2.01. The van der Waals surface area contributed by atoms with Crippen LogP contribution >= 0.6 is 15.9 Å². The maximum absolute atomic E-state index is 12.0. The number of hydrogen-bond donors (Lipinski definition) is 0. The highest BCUT2D eigenvalue weighted by Gasteiger charge is 2.05. The van der Waals surface area contributed by atoms with Crippen molar-refractivity contribution in [2.24, 2.45) is 0 Å². The summed E-state index contributed by atoms with van der Waals surface area (Å²) in [4.78, 5) is 12.0. The molecule has 2 aromatic rings. The van der Waals surface area contributed by atoms with Crippen molar-refractivity contribution in [2.45, 2.75) is 26.2 Å². The van der Waals surface area contributed by atoms with Crippen LogP contribution < -0.4 is 0 Å². The highest BCUT2D eigenvalue weighted by Crippen LogP contribution is 2.12. The van der Waals surface area contributed by atoms with Gasteiger partial charge in [0.15, 0.2) is 0 Å². The van der Waals surface area contributed by atoms with Gasteiger partial charge in [-0.3, -0.25) is 4.79 Å². The maximum Gasteiger partial charge on any atom is 0.141 e. The van der Waals surface area contributed by atoms with E-state index in [1.54, 1.807) is 0 Å². The van der Waals surface area contributed by atoms with Gasteiger partial charge in [0, 0.05) is 17.3 Å². The summed E-state index contributed by atoms with van der Waals surface area (Å²) in [6.07, 6.45) is 2.05.